The van der Waals surface area contributed by atoms with Gasteiger partial charge in [-0.1, -0.05) is 17.8 Å². The first kappa shape index (κ1) is 14.2. The van der Waals surface area contributed by atoms with Gasteiger partial charge in [0.15, 0.2) is 5.16 Å². The number of aryl methyl sites for hydroxylation is 2. The molecule has 5 heteroatoms. The summed E-state index contributed by atoms with van der Waals surface area (Å²) in [6.07, 6.45) is 6.25. The Morgan fingerprint density at radius 2 is 2.05 bits per heavy atom. The van der Waals surface area contributed by atoms with E-state index in [9.17, 15) is 4.79 Å². The molecule has 0 atom stereocenters. The van der Waals surface area contributed by atoms with Gasteiger partial charge in [-0.15, -0.1) is 0 Å². The van der Waals surface area contributed by atoms with Crippen LogP contribution in [0, 0.1) is 13.8 Å². The predicted molar refractivity (Wildman–Crippen MR) is 85.8 cm³/mol. The van der Waals surface area contributed by atoms with Gasteiger partial charge in [0, 0.05) is 24.1 Å². The predicted octanol–water partition coefficient (Wildman–Crippen LogP) is 3.57. The molecule has 0 spiro atoms. The van der Waals surface area contributed by atoms with Crippen molar-refractivity contribution in [3.8, 4) is 0 Å². The molecule has 4 nitrogen and oxygen atoms in total. The Morgan fingerprint density at radius 3 is 2.71 bits per heavy atom. The van der Waals surface area contributed by atoms with Gasteiger partial charge in [-0.05, 0) is 49.9 Å². The van der Waals surface area contributed by atoms with Crippen molar-refractivity contribution in [1.82, 2.24) is 9.55 Å². The second-order valence-electron chi connectivity index (χ2n) is 5.56. The van der Waals surface area contributed by atoms with E-state index in [2.05, 4.69) is 20.9 Å². The van der Waals surface area contributed by atoms with Crippen molar-refractivity contribution in [2.75, 3.05) is 11.1 Å². The molecule has 1 saturated carbocycles. The summed E-state index contributed by atoms with van der Waals surface area (Å²) in [7, 11) is 0. The zero-order valence-corrected chi connectivity index (χ0v) is 13.1. The molecule has 1 heterocycles. The highest BCUT2D eigenvalue weighted by molar-refractivity contribution is 7.99. The Bertz CT molecular complexity index is 641. The number of thioether (sulfide) groups is 1. The van der Waals surface area contributed by atoms with Crippen LogP contribution in [-0.4, -0.2) is 21.2 Å². The van der Waals surface area contributed by atoms with Gasteiger partial charge in [0.25, 0.3) is 0 Å². The van der Waals surface area contributed by atoms with E-state index >= 15 is 0 Å². The highest BCUT2D eigenvalue weighted by Crippen LogP contribution is 2.37. The number of benzene rings is 1. The van der Waals surface area contributed by atoms with Gasteiger partial charge < -0.3 is 9.88 Å². The van der Waals surface area contributed by atoms with E-state index < -0.39 is 0 Å². The standard InChI is InChI=1S/C16H19N3OS/c1-11-7-12(2)9-13(8-11)18-15(20)10-21-16-17-5-6-19(16)14-3-4-14/h5-9,14H,3-4,10H2,1-2H3,(H,18,20). The fraction of sp³-hybridized carbons (Fsp3) is 0.375. The molecule has 0 radical (unpaired) electrons. The minimum atomic E-state index is 0.00958. The molecule has 110 valence electrons. The lowest BCUT2D eigenvalue weighted by atomic mass is 10.1. The highest BCUT2D eigenvalue weighted by Gasteiger charge is 2.25. The summed E-state index contributed by atoms with van der Waals surface area (Å²) < 4.78 is 2.18. The van der Waals surface area contributed by atoms with Crippen molar-refractivity contribution in [2.24, 2.45) is 0 Å². The number of hydrogen-bond donors (Lipinski definition) is 1. The average Bonchev–Trinajstić information content (AvgIpc) is 3.14. The number of hydrogen-bond acceptors (Lipinski definition) is 3. The molecule has 2 aromatic rings. The van der Waals surface area contributed by atoms with Crippen LogP contribution < -0.4 is 5.32 Å². The summed E-state index contributed by atoms with van der Waals surface area (Å²) in [5, 5.41) is 3.89. The molecule has 0 bridgehead atoms. The maximum Gasteiger partial charge on any atom is 0.234 e. The number of rotatable bonds is 5. The maximum atomic E-state index is 12.1. The Hall–Kier alpha value is -1.75. The fourth-order valence-electron chi connectivity index (χ4n) is 2.42. The van der Waals surface area contributed by atoms with Crippen molar-refractivity contribution >= 4 is 23.4 Å². The van der Waals surface area contributed by atoms with Gasteiger partial charge in [0.2, 0.25) is 5.91 Å². The molecule has 0 unspecified atom stereocenters. The molecule has 1 fully saturated rings. The number of amides is 1. The van der Waals surface area contributed by atoms with Crippen molar-refractivity contribution in [3.05, 3.63) is 41.7 Å². The van der Waals surface area contributed by atoms with Crippen LogP contribution in [0.15, 0.2) is 35.7 Å². The number of aromatic nitrogens is 2. The van der Waals surface area contributed by atoms with Crippen LogP contribution in [0.5, 0.6) is 0 Å². The van der Waals surface area contributed by atoms with E-state index in [-0.39, 0.29) is 5.91 Å². The molecular formula is C16H19N3OS. The first-order valence-electron chi connectivity index (χ1n) is 7.15. The summed E-state index contributed by atoms with van der Waals surface area (Å²) in [4.78, 5) is 16.4. The van der Waals surface area contributed by atoms with Gasteiger partial charge in [-0.2, -0.15) is 0 Å². The third-order valence-electron chi connectivity index (χ3n) is 3.41. The van der Waals surface area contributed by atoms with Crippen molar-refractivity contribution in [2.45, 2.75) is 37.9 Å². The molecule has 1 aromatic heterocycles. The Labute approximate surface area is 129 Å². The molecular weight excluding hydrogens is 282 g/mol. The molecule has 1 aliphatic carbocycles. The van der Waals surface area contributed by atoms with Crippen LogP contribution >= 0.6 is 11.8 Å². The van der Waals surface area contributed by atoms with Gasteiger partial charge in [0.05, 0.1) is 5.75 Å². The highest BCUT2D eigenvalue weighted by atomic mass is 32.2. The number of carbonyl (C=O) groups is 1. The van der Waals surface area contributed by atoms with Crippen LogP contribution in [0.25, 0.3) is 0 Å². The van der Waals surface area contributed by atoms with E-state index in [1.165, 1.54) is 24.6 Å². The third kappa shape index (κ3) is 3.67. The first-order chi connectivity index (χ1) is 10.1. The molecule has 1 amide bonds. The average molecular weight is 301 g/mol. The number of anilines is 1. The molecule has 1 aromatic carbocycles. The van der Waals surface area contributed by atoms with E-state index in [0.717, 1.165) is 22.0 Å². The normalized spacial score (nSPS) is 14.2. The van der Waals surface area contributed by atoms with Crippen LogP contribution in [0.3, 0.4) is 0 Å². The summed E-state index contributed by atoms with van der Waals surface area (Å²) in [6.45, 7) is 4.06. The van der Waals surface area contributed by atoms with Crippen LogP contribution in [0.2, 0.25) is 0 Å². The number of carbonyl (C=O) groups excluding carboxylic acids is 1. The van der Waals surface area contributed by atoms with Crippen LogP contribution in [-0.2, 0) is 4.79 Å². The van der Waals surface area contributed by atoms with Crippen molar-refractivity contribution < 1.29 is 4.79 Å². The second-order valence-corrected chi connectivity index (χ2v) is 6.50. The maximum absolute atomic E-state index is 12.1. The molecule has 0 aliphatic heterocycles. The van der Waals surface area contributed by atoms with Crippen molar-refractivity contribution in [1.29, 1.82) is 0 Å². The van der Waals surface area contributed by atoms with Gasteiger partial charge >= 0.3 is 0 Å². The molecule has 0 saturated heterocycles. The minimum Gasteiger partial charge on any atom is -0.325 e. The lowest BCUT2D eigenvalue weighted by molar-refractivity contribution is -0.113. The van der Waals surface area contributed by atoms with Gasteiger partial charge in [-0.25, -0.2) is 4.98 Å². The fourth-order valence-corrected chi connectivity index (χ4v) is 3.24. The van der Waals surface area contributed by atoms with E-state index in [0.29, 0.717) is 11.8 Å². The molecule has 1 N–H and O–H groups in total. The first-order valence-corrected chi connectivity index (χ1v) is 8.14. The molecule has 1 aliphatic rings. The minimum absolute atomic E-state index is 0.00958. The quantitative estimate of drug-likeness (QED) is 0.859. The third-order valence-corrected chi connectivity index (χ3v) is 4.39. The lowest BCUT2D eigenvalue weighted by Gasteiger charge is -2.08. The smallest absolute Gasteiger partial charge is 0.234 e. The topological polar surface area (TPSA) is 46.9 Å². The van der Waals surface area contributed by atoms with Crippen molar-refractivity contribution in [3.63, 3.8) is 0 Å². The Morgan fingerprint density at radius 1 is 1.33 bits per heavy atom. The van der Waals surface area contributed by atoms with Crippen LogP contribution in [0.4, 0.5) is 5.69 Å². The van der Waals surface area contributed by atoms with Gasteiger partial charge in [0.1, 0.15) is 0 Å². The Balaban J connectivity index is 1.57. The van der Waals surface area contributed by atoms with E-state index in [1.807, 2.05) is 38.4 Å². The largest absolute Gasteiger partial charge is 0.325 e. The monoisotopic (exact) mass is 301 g/mol. The summed E-state index contributed by atoms with van der Waals surface area (Å²) in [6, 6.07) is 6.66. The van der Waals surface area contributed by atoms with E-state index in [4.69, 9.17) is 0 Å². The van der Waals surface area contributed by atoms with Gasteiger partial charge in [-0.3, -0.25) is 4.79 Å². The SMILES string of the molecule is Cc1cc(C)cc(NC(=O)CSc2nccn2C2CC2)c1. The zero-order valence-electron chi connectivity index (χ0n) is 12.3. The molecule has 21 heavy (non-hydrogen) atoms. The number of nitrogens with one attached hydrogen (secondary N) is 1. The lowest BCUT2D eigenvalue weighted by Crippen LogP contribution is -2.14. The summed E-state index contributed by atoms with van der Waals surface area (Å²) in [5.74, 6) is 0.395. The zero-order chi connectivity index (χ0) is 14.8. The van der Waals surface area contributed by atoms with Crippen LogP contribution in [0.1, 0.15) is 30.0 Å². The van der Waals surface area contributed by atoms with E-state index in [1.54, 1.807) is 0 Å². The number of nitrogens with zero attached hydrogens (tertiary/aromatic N) is 2. The Kier molecular flexibility index (Phi) is 4.01. The molecule has 3 rings (SSSR count). The number of imidazole rings is 1. The summed E-state index contributed by atoms with van der Waals surface area (Å²) >= 11 is 1.50. The second kappa shape index (κ2) is 5.93. The summed E-state index contributed by atoms with van der Waals surface area (Å²) in [5.41, 5.74) is 3.17.